The maximum atomic E-state index is 12.3. The third-order valence-electron chi connectivity index (χ3n) is 4.60. The molecule has 0 fully saturated rings. The van der Waals surface area contributed by atoms with Gasteiger partial charge in [0, 0.05) is 34.8 Å². The number of anilines is 1. The Morgan fingerprint density at radius 2 is 1.88 bits per heavy atom. The van der Waals surface area contributed by atoms with E-state index >= 15 is 0 Å². The summed E-state index contributed by atoms with van der Waals surface area (Å²) >= 11 is 5.94. The molecule has 1 aliphatic rings. The van der Waals surface area contributed by atoms with Crippen molar-refractivity contribution in [3.05, 3.63) is 64.9 Å². The minimum absolute atomic E-state index is 0.184. The van der Waals surface area contributed by atoms with Gasteiger partial charge in [-0.3, -0.25) is 4.79 Å². The minimum Gasteiger partial charge on any atom is -0.322 e. The smallest absolute Gasteiger partial charge is 0.255 e. The van der Waals surface area contributed by atoms with E-state index in [0.29, 0.717) is 10.6 Å². The number of hydrogen-bond donors (Lipinski definition) is 1. The van der Waals surface area contributed by atoms with Crippen molar-refractivity contribution < 1.29 is 4.79 Å². The molecule has 0 spiro atoms. The van der Waals surface area contributed by atoms with Gasteiger partial charge in [-0.15, -0.1) is 10.2 Å². The monoisotopic (exact) mass is 366 g/mol. The number of aryl methyl sites for hydroxylation is 1. The summed E-state index contributed by atoms with van der Waals surface area (Å²) in [4.78, 5) is 12.3. The van der Waals surface area contributed by atoms with E-state index in [4.69, 9.17) is 11.6 Å². The number of nitrogens with one attached hydrogen (secondary N) is 1. The fraction of sp³-hybridized carbons (Fsp3) is 0.250. The Balaban J connectivity index is 1.52. The largest absolute Gasteiger partial charge is 0.322 e. The highest BCUT2D eigenvalue weighted by Crippen LogP contribution is 2.24. The molecule has 0 radical (unpaired) electrons. The molecule has 0 aliphatic carbocycles. The number of carbonyl (C=O) groups excluding carboxylic acids is 1. The zero-order valence-electron chi connectivity index (χ0n) is 14.3. The first-order chi connectivity index (χ1) is 12.7. The van der Waals surface area contributed by atoms with Crippen molar-refractivity contribution in [1.29, 1.82) is 0 Å². The number of rotatable bonds is 3. The first-order valence-electron chi connectivity index (χ1n) is 8.80. The summed E-state index contributed by atoms with van der Waals surface area (Å²) in [6, 6.07) is 14.6. The van der Waals surface area contributed by atoms with Crippen molar-refractivity contribution in [2.24, 2.45) is 0 Å². The number of hydrogen-bond acceptors (Lipinski definition) is 3. The summed E-state index contributed by atoms with van der Waals surface area (Å²) in [5.74, 6) is 1.78. The van der Waals surface area contributed by atoms with Gasteiger partial charge in [-0.1, -0.05) is 24.1 Å². The number of benzene rings is 2. The third kappa shape index (κ3) is 3.48. The Labute approximate surface area is 157 Å². The summed E-state index contributed by atoms with van der Waals surface area (Å²) in [6.45, 7) is 0.963. The van der Waals surface area contributed by atoms with E-state index in [-0.39, 0.29) is 5.91 Å². The molecular weight excluding hydrogens is 348 g/mol. The van der Waals surface area contributed by atoms with E-state index in [0.717, 1.165) is 42.3 Å². The normalized spacial score (nSPS) is 13.7. The Morgan fingerprint density at radius 3 is 2.69 bits per heavy atom. The quantitative estimate of drug-likeness (QED) is 0.738. The lowest BCUT2D eigenvalue weighted by Gasteiger charge is -2.09. The Bertz CT molecular complexity index is 933. The van der Waals surface area contributed by atoms with Crippen molar-refractivity contribution in [3.63, 3.8) is 0 Å². The van der Waals surface area contributed by atoms with Crippen LogP contribution in [-0.4, -0.2) is 20.7 Å². The Kier molecular flexibility index (Phi) is 4.71. The van der Waals surface area contributed by atoms with E-state index in [2.05, 4.69) is 20.1 Å². The number of fused-ring (bicyclic) bond motifs is 1. The topological polar surface area (TPSA) is 59.8 Å². The Hall–Kier alpha value is -2.66. The highest BCUT2D eigenvalue weighted by Gasteiger charge is 2.16. The zero-order chi connectivity index (χ0) is 17.9. The molecule has 4 rings (SSSR count). The second kappa shape index (κ2) is 7.30. The Morgan fingerprint density at radius 1 is 1.04 bits per heavy atom. The summed E-state index contributed by atoms with van der Waals surface area (Å²) in [6.07, 6.45) is 4.55. The van der Waals surface area contributed by atoms with Crippen molar-refractivity contribution in [2.45, 2.75) is 32.2 Å². The number of carbonyl (C=O) groups is 1. The molecule has 1 aromatic heterocycles. The van der Waals surface area contributed by atoms with E-state index < -0.39 is 0 Å². The van der Waals surface area contributed by atoms with Crippen LogP contribution in [0.5, 0.6) is 0 Å². The van der Waals surface area contributed by atoms with Crippen LogP contribution in [0.1, 0.15) is 35.4 Å². The molecule has 0 bridgehead atoms. The van der Waals surface area contributed by atoms with Gasteiger partial charge in [0.15, 0.2) is 5.82 Å². The fourth-order valence-electron chi connectivity index (χ4n) is 3.23. The van der Waals surface area contributed by atoms with Crippen molar-refractivity contribution >= 4 is 23.2 Å². The summed E-state index contributed by atoms with van der Waals surface area (Å²) in [7, 11) is 0. The number of halogens is 1. The highest BCUT2D eigenvalue weighted by molar-refractivity contribution is 6.31. The maximum absolute atomic E-state index is 12.3. The lowest BCUT2D eigenvalue weighted by molar-refractivity contribution is 0.102. The molecule has 26 heavy (non-hydrogen) atoms. The van der Waals surface area contributed by atoms with Crippen LogP contribution in [0.4, 0.5) is 5.69 Å². The van der Waals surface area contributed by atoms with Crippen LogP contribution in [0, 0.1) is 0 Å². The molecule has 132 valence electrons. The predicted octanol–water partition coefficient (Wildman–Crippen LogP) is 4.58. The molecule has 2 aromatic carbocycles. The van der Waals surface area contributed by atoms with Crippen molar-refractivity contribution in [3.8, 4) is 11.4 Å². The average molecular weight is 367 g/mol. The van der Waals surface area contributed by atoms with Crippen LogP contribution in [0.2, 0.25) is 5.02 Å². The number of aromatic nitrogens is 3. The van der Waals surface area contributed by atoms with Crippen LogP contribution in [0.25, 0.3) is 11.4 Å². The second-order valence-electron chi connectivity index (χ2n) is 6.44. The first kappa shape index (κ1) is 16.8. The van der Waals surface area contributed by atoms with Gasteiger partial charge < -0.3 is 9.88 Å². The molecule has 6 heteroatoms. The number of nitrogens with zero attached hydrogens (tertiary/aromatic N) is 3. The molecule has 1 amide bonds. The molecule has 1 N–H and O–H groups in total. The van der Waals surface area contributed by atoms with Crippen LogP contribution in [0.15, 0.2) is 48.5 Å². The highest BCUT2D eigenvalue weighted by atomic mass is 35.5. The molecule has 3 aromatic rings. The van der Waals surface area contributed by atoms with Crippen LogP contribution >= 0.6 is 11.6 Å². The molecule has 0 atom stereocenters. The second-order valence-corrected chi connectivity index (χ2v) is 6.88. The molecule has 0 saturated carbocycles. The number of amides is 1. The summed E-state index contributed by atoms with van der Waals surface area (Å²) in [5, 5.41) is 12.1. The molecule has 0 unspecified atom stereocenters. The molecule has 5 nitrogen and oxygen atoms in total. The van der Waals surface area contributed by atoms with Gasteiger partial charge in [0.2, 0.25) is 0 Å². The van der Waals surface area contributed by atoms with Gasteiger partial charge in [-0.05, 0) is 55.3 Å². The molecule has 0 saturated heterocycles. The summed E-state index contributed by atoms with van der Waals surface area (Å²) in [5.41, 5.74) is 2.27. The molecule has 2 heterocycles. The average Bonchev–Trinajstić information content (AvgIpc) is 2.90. The van der Waals surface area contributed by atoms with Crippen molar-refractivity contribution in [1.82, 2.24) is 14.8 Å². The van der Waals surface area contributed by atoms with Crippen LogP contribution < -0.4 is 5.32 Å². The maximum Gasteiger partial charge on any atom is 0.255 e. The predicted molar refractivity (Wildman–Crippen MR) is 102 cm³/mol. The lowest BCUT2D eigenvalue weighted by atomic mass is 10.1. The summed E-state index contributed by atoms with van der Waals surface area (Å²) < 4.78 is 2.21. The van der Waals surface area contributed by atoms with Crippen LogP contribution in [-0.2, 0) is 13.0 Å². The fourth-order valence-corrected chi connectivity index (χ4v) is 3.42. The van der Waals surface area contributed by atoms with E-state index in [1.165, 1.54) is 12.8 Å². The minimum atomic E-state index is -0.184. The van der Waals surface area contributed by atoms with Gasteiger partial charge in [0.05, 0.1) is 0 Å². The molecular formula is C20H19ClN4O. The van der Waals surface area contributed by atoms with Crippen molar-refractivity contribution in [2.75, 3.05) is 5.32 Å². The van der Waals surface area contributed by atoms with Crippen LogP contribution in [0.3, 0.4) is 0 Å². The van der Waals surface area contributed by atoms with Gasteiger partial charge in [-0.25, -0.2) is 0 Å². The molecule has 1 aliphatic heterocycles. The van der Waals surface area contributed by atoms with E-state index in [9.17, 15) is 4.79 Å². The van der Waals surface area contributed by atoms with Gasteiger partial charge in [-0.2, -0.15) is 0 Å². The van der Waals surface area contributed by atoms with Gasteiger partial charge in [0.1, 0.15) is 5.82 Å². The standard InChI is InChI=1S/C20H19ClN4O/c21-16-6-4-5-15(13-16)20(26)22-17-10-8-14(9-11-17)19-24-23-18-7-2-1-3-12-25(18)19/h4-6,8-11,13H,1-3,7,12H2,(H,22,26). The SMILES string of the molecule is O=C(Nc1ccc(-c2nnc3n2CCCCC3)cc1)c1cccc(Cl)c1. The van der Waals surface area contributed by atoms with E-state index in [1.54, 1.807) is 24.3 Å². The third-order valence-corrected chi connectivity index (χ3v) is 4.83. The lowest BCUT2D eigenvalue weighted by Crippen LogP contribution is -2.11. The first-order valence-corrected chi connectivity index (χ1v) is 9.18. The van der Waals surface area contributed by atoms with E-state index in [1.807, 2.05) is 24.3 Å². The van der Waals surface area contributed by atoms with Gasteiger partial charge >= 0.3 is 0 Å². The zero-order valence-corrected chi connectivity index (χ0v) is 15.0. The van der Waals surface area contributed by atoms with Gasteiger partial charge in [0.25, 0.3) is 5.91 Å².